The Morgan fingerprint density at radius 3 is 2.91 bits per heavy atom. The maximum atomic E-state index is 5.59. The van der Waals surface area contributed by atoms with E-state index in [1.54, 1.807) is 0 Å². The highest BCUT2D eigenvalue weighted by Crippen LogP contribution is 2.35. The Kier molecular flexibility index (Phi) is 5.18. The summed E-state index contributed by atoms with van der Waals surface area (Å²) in [7, 11) is 2.22. The number of nitrogens with zero attached hydrogens (tertiary/aromatic N) is 3. The van der Waals surface area contributed by atoms with Gasteiger partial charge in [0.15, 0.2) is 6.29 Å². The highest BCUT2D eigenvalue weighted by molar-refractivity contribution is 5.75. The van der Waals surface area contributed by atoms with Crippen molar-refractivity contribution in [3.8, 4) is 0 Å². The summed E-state index contributed by atoms with van der Waals surface area (Å²) in [5, 5.41) is 3.70. The van der Waals surface area contributed by atoms with Gasteiger partial charge in [-0.05, 0) is 39.1 Å². The Morgan fingerprint density at radius 1 is 1.18 bits per heavy atom. The normalized spacial score (nSPS) is 23.2. The quantitative estimate of drug-likeness (QED) is 0.840. The molecule has 0 radical (unpaired) electrons. The van der Waals surface area contributed by atoms with Crippen LogP contribution in [-0.4, -0.2) is 69.1 Å². The van der Waals surface area contributed by atoms with Gasteiger partial charge in [-0.15, -0.1) is 0 Å². The number of likely N-dealkylation sites (N-methyl/N-ethyl adjacent to an activating group) is 1. The van der Waals surface area contributed by atoms with E-state index in [2.05, 4.69) is 58.3 Å². The number of rotatable bonds is 5. The Morgan fingerprint density at radius 2 is 2.05 bits per heavy atom. The molecule has 1 aromatic rings. The van der Waals surface area contributed by atoms with E-state index in [0.29, 0.717) is 0 Å². The number of hydrogen-bond acceptors (Lipinski definition) is 5. The van der Waals surface area contributed by atoms with E-state index < -0.39 is 0 Å². The molecule has 22 heavy (non-hydrogen) atoms. The zero-order chi connectivity index (χ0) is 15.4. The molecule has 2 aliphatic heterocycles. The first-order chi connectivity index (χ1) is 10.8. The molecule has 0 bridgehead atoms. The molecule has 5 nitrogen and oxygen atoms in total. The summed E-state index contributed by atoms with van der Waals surface area (Å²) in [6.07, 6.45) is 1.48. The number of para-hydroxylation sites is 2. The summed E-state index contributed by atoms with van der Waals surface area (Å²) in [6, 6.07) is 8.60. The molecule has 0 saturated carbocycles. The average Bonchev–Trinajstić information content (AvgIpc) is 2.75. The summed E-state index contributed by atoms with van der Waals surface area (Å²) in [5.74, 6) is 0. The summed E-state index contributed by atoms with van der Waals surface area (Å²) in [4.78, 5) is 7.44. The van der Waals surface area contributed by atoms with Crippen molar-refractivity contribution in [3.63, 3.8) is 0 Å². The molecule has 122 valence electrons. The van der Waals surface area contributed by atoms with Crippen LogP contribution < -0.4 is 10.2 Å². The van der Waals surface area contributed by atoms with E-state index in [0.717, 1.165) is 39.4 Å². The van der Waals surface area contributed by atoms with Crippen LogP contribution in [0.15, 0.2) is 24.3 Å². The van der Waals surface area contributed by atoms with Crippen LogP contribution in [0.25, 0.3) is 0 Å². The molecule has 1 atom stereocenters. The molecule has 1 saturated heterocycles. The minimum Gasteiger partial charge on any atom is -0.380 e. The van der Waals surface area contributed by atoms with Gasteiger partial charge in [0.25, 0.3) is 0 Å². The molecular formula is C17H28N4O. The molecule has 0 spiro atoms. The zero-order valence-electron chi connectivity index (χ0n) is 13.8. The van der Waals surface area contributed by atoms with Crippen LogP contribution in [0.4, 0.5) is 11.4 Å². The van der Waals surface area contributed by atoms with E-state index in [4.69, 9.17) is 4.74 Å². The van der Waals surface area contributed by atoms with Crippen molar-refractivity contribution < 1.29 is 4.74 Å². The third-order valence-electron chi connectivity index (χ3n) is 4.57. The van der Waals surface area contributed by atoms with Crippen LogP contribution in [0.5, 0.6) is 0 Å². The van der Waals surface area contributed by atoms with Crippen molar-refractivity contribution in [3.05, 3.63) is 24.3 Å². The molecular weight excluding hydrogens is 276 g/mol. The molecule has 1 N–H and O–H groups in total. The molecule has 1 aromatic carbocycles. The number of hydrogen-bond donors (Lipinski definition) is 1. The van der Waals surface area contributed by atoms with Crippen molar-refractivity contribution in [2.24, 2.45) is 0 Å². The lowest BCUT2D eigenvalue weighted by Gasteiger charge is -2.35. The van der Waals surface area contributed by atoms with Crippen LogP contribution >= 0.6 is 0 Å². The Bertz CT molecular complexity index is 481. The van der Waals surface area contributed by atoms with Gasteiger partial charge in [0, 0.05) is 32.8 Å². The third-order valence-corrected chi connectivity index (χ3v) is 4.57. The van der Waals surface area contributed by atoms with Gasteiger partial charge in [-0.3, -0.25) is 4.90 Å². The first-order valence-corrected chi connectivity index (χ1v) is 8.42. The minimum atomic E-state index is 0.254. The number of fused-ring (bicyclic) bond motifs is 1. The highest BCUT2D eigenvalue weighted by Gasteiger charge is 2.33. The monoisotopic (exact) mass is 304 g/mol. The van der Waals surface area contributed by atoms with Crippen LogP contribution in [0.1, 0.15) is 13.3 Å². The van der Waals surface area contributed by atoms with Crippen molar-refractivity contribution in [1.29, 1.82) is 0 Å². The topological polar surface area (TPSA) is 31.0 Å². The van der Waals surface area contributed by atoms with Gasteiger partial charge in [0.05, 0.1) is 18.0 Å². The fourth-order valence-electron chi connectivity index (χ4n) is 3.34. The number of nitrogens with one attached hydrogen (secondary N) is 1. The second kappa shape index (κ2) is 7.31. The first-order valence-electron chi connectivity index (χ1n) is 8.42. The van der Waals surface area contributed by atoms with Gasteiger partial charge >= 0.3 is 0 Å². The molecule has 2 aliphatic rings. The number of benzene rings is 1. The molecule has 1 unspecified atom stereocenters. The van der Waals surface area contributed by atoms with Gasteiger partial charge in [-0.1, -0.05) is 12.1 Å². The molecule has 1 fully saturated rings. The summed E-state index contributed by atoms with van der Waals surface area (Å²) in [5.41, 5.74) is 2.53. The van der Waals surface area contributed by atoms with Crippen molar-refractivity contribution in [2.75, 3.05) is 63.2 Å². The maximum absolute atomic E-state index is 5.59. The SMILES string of the molecule is CCOCCN1c2ccccc2NC1N1CCCN(C)CC1. The van der Waals surface area contributed by atoms with Gasteiger partial charge in [0.1, 0.15) is 0 Å². The number of ether oxygens (including phenoxy) is 1. The van der Waals surface area contributed by atoms with E-state index in [1.165, 1.54) is 24.3 Å². The Balaban J connectivity index is 1.74. The number of anilines is 2. The van der Waals surface area contributed by atoms with Crippen molar-refractivity contribution in [2.45, 2.75) is 19.6 Å². The molecule has 5 heteroatoms. The average molecular weight is 304 g/mol. The van der Waals surface area contributed by atoms with Crippen LogP contribution in [0.3, 0.4) is 0 Å². The molecule has 2 heterocycles. The first kappa shape index (κ1) is 15.6. The molecule has 0 aromatic heterocycles. The van der Waals surface area contributed by atoms with E-state index in [-0.39, 0.29) is 6.29 Å². The lowest BCUT2D eigenvalue weighted by atomic mass is 10.2. The lowest BCUT2D eigenvalue weighted by Crippen LogP contribution is -2.52. The van der Waals surface area contributed by atoms with Gasteiger partial charge in [0.2, 0.25) is 0 Å². The van der Waals surface area contributed by atoms with E-state index in [9.17, 15) is 0 Å². The summed E-state index contributed by atoms with van der Waals surface area (Å²) < 4.78 is 5.59. The van der Waals surface area contributed by atoms with E-state index in [1.807, 2.05) is 0 Å². The van der Waals surface area contributed by atoms with Crippen molar-refractivity contribution in [1.82, 2.24) is 9.80 Å². The molecule has 0 aliphatic carbocycles. The fourth-order valence-corrected chi connectivity index (χ4v) is 3.34. The van der Waals surface area contributed by atoms with Gasteiger partial charge in [-0.25, -0.2) is 0 Å². The van der Waals surface area contributed by atoms with Crippen molar-refractivity contribution >= 4 is 11.4 Å². The van der Waals surface area contributed by atoms with Crippen LogP contribution in [0, 0.1) is 0 Å². The summed E-state index contributed by atoms with van der Waals surface area (Å²) in [6.45, 7) is 9.10. The predicted molar refractivity (Wildman–Crippen MR) is 91.4 cm³/mol. The van der Waals surface area contributed by atoms with E-state index >= 15 is 0 Å². The summed E-state index contributed by atoms with van der Waals surface area (Å²) >= 11 is 0. The standard InChI is InChI=1S/C17H28N4O/c1-3-22-14-13-21-16-8-5-4-7-15(16)18-17(21)20-10-6-9-19(2)11-12-20/h4-5,7-8,17-18H,3,6,9-14H2,1-2H3. The van der Waals surface area contributed by atoms with Crippen LogP contribution in [0.2, 0.25) is 0 Å². The Labute approximate surface area is 133 Å². The highest BCUT2D eigenvalue weighted by atomic mass is 16.5. The second-order valence-corrected chi connectivity index (χ2v) is 6.12. The second-order valence-electron chi connectivity index (χ2n) is 6.12. The molecule has 3 rings (SSSR count). The minimum absolute atomic E-state index is 0.254. The molecule has 0 amide bonds. The lowest BCUT2D eigenvalue weighted by molar-refractivity contribution is 0.144. The largest absolute Gasteiger partial charge is 0.380 e. The van der Waals surface area contributed by atoms with Gasteiger partial charge < -0.3 is 19.9 Å². The Hall–Kier alpha value is -1.30. The predicted octanol–water partition coefficient (Wildman–Crippen LogP) is 1.88. The fraction of sp³-hybridized carbons (Fsp3) is 0.647. The smallest absolute Gasteiger partial charge is 0.158 e. The maximum Gasteiger partial charge on any atom is 0.158 e. The van der Waals surface area contributed by atoms with Crippen LogP contribution in [-0.2, 0) is 4.74 Å². The third kappa shape index (κ3) is 3.37. The van der Waals surface area contributed by atoms with Gasteiger partial charge in [-0.2, -0.15) is 0 Å². The zero-order valence-corrected chi connectivity index (χ0v) is 13.8.